The smallest absolute Gasteiger partial charge is 1.00 e. The van der Waals surface area contributed by atoms with Gasteiger partial charge in [-0.3, -0.25) is 9.13 Å². The fourth-order valence-electron chi connectivity index (χ4n) is 5.06. The number of unbranched alkanes of at least 4 members (excludes halogenated alkanes) is 6. The number of benzene rings is 2. The molecular weight excluding hydrogens is 661 g/mol. The fourth-order valence-corrected chi connectivity index (χ4v) is 5.06. The van der Waals surface area contributed by atoms with Crippen molar-refractivity contribution in [3.05, 3.63) is 66.7 Å². The van der Waals surface area contributed by atoms with E-state index >= 15 is 0 Å². The summed E-state index contributed by atoms with van der Waals surface area (Å²) in [5.41, 5.74) is 5.54. The standard InChI is InChI=1S/C33H41N5O2.3ClH.Fe/c1-3-5-7-13-22-39-24-37-30-20-11-9-16-26(30)35-32(37)28-18-15-19-29(34-28)33-36-27-17-10-12-21-31(27)38(33)25-40-23-14-8-6-4-2;;;;/h9-12,15-21H,3-8,13-14,22-25H2,1-2H3;3*1H;/q;;;;+3/p-3. The van der Waals surface area contributed by atoms with Gasteiger partial charge < -0.3 is 46.7 Å². The number of rotatable bonds is 16. The normalized spacial score (nSPS) is 10.6. The van der Waals surface area contributed by atoms with Gasteiger partial charge in [-0.1, -0.05) is 82.7 Å². The zero-order valence-corrected chi connectivity index (χ0v) is 28.7. The number of pyridine rings is 1. The van der Waals surface area contributed by atoms with Crippen LogP contribution in [-0.4, -0.2) is 37.3 Å². The first-order valence-electron chi connectivity index (χ1n) is 14.8. The summed E-state index contributed by atoms with van der Waals surface area (Å²) in [6.07, 6.45) is 9.46. The van der Waals surface area contributed by atoms with Gasteiger partial charge in [0.25, 0.3) is 0 Å². The molecule has 0 atom stereocenters. The molecule has 239 valence electrons. The van der Waals surface area contributed by atoms with Gasteiger partial charge in [-0.25, -0.2) is 15.0 Å². The molecule has 0 amide bonds. The Morgan fingerprint density at radius 3 is 1.39 bits per heavy atom. The summed E-state index contributed by atoms with van der Waals surface area (Å²) in [4.78, 5) is 15.0. The van der Waals surface area contributed by atoms with Crippen LogP contribution in [0.3, 0.4) is 0 Å². The van der Waals surface area contributed by atoms with Gasteiger partial charge in [0.05, 0.1) is 22.1 Å². The number of imidazole rings is 2. The SMILES string of the molecule is CCCCCCOCn1c(-c2cccc(-c3nc4ccccc4n3COCCCCCC)n2)nc2ccccc21.[Cl-].[Cl-].[Cl-].[Fe+3]. The zero-order chi connectivity index (χ0) is 27.6. The third-order valence-electron chi connectivity index (χ3n) is 7.24. The van der Waals surface area contributed by atoms with E-state index in [-0.39, 0.29) is 54.3 Å². The van der Waals surface area contributed by atoms with Gasteiger partial charge in [-0.15, -0.1) is 0 Å². The van der Waals surface area contributed by atoms with Crippen LogP contribution in [-0.2, 0) is 40.0 Å². The number of ether oxygens (including phenoxy) is 2. The van der Waals surface area contributed by atoms with Gasteiger partial charge in [0.2, 0.25) is 0 Å². The maximum atomic E-state index is 6.11. The maximum absolute atomic E-state index is 6.11. The molecule has 0 N–H and O–H groups in total. The van der Waals surface area contributed by atoms with Crippen molar-refractivity contribution in [3.63, 3.8) is 0 Å². The van der Waals surface area contributed by atoms with Crippen LogP contribution in [0.5, 0.6) is 0 Å². The van der Waals surface area contributed by atoms with Crippen molar-refractivity contribution in [1.82, 2.24) is 24.1 Å². The molecule has 3 aromatic heterocycles. The predicted octanol–water partition coefficient (Wildman–Crippen LogP) is -0.767. The summed E-state index contributed by atoms with van der Waals surface area (Å²) in [5.74, 6) is 1.60. The number of para-hydroxylation sites is 4. The molecule has 0 aliphatic carbocycles. The molecule has 5 aromatic rings. The summed E-state index contributed by atoms with van der Waals surface area (Å²) in [6, 6.07) is 22.4. The molecular formula is C33H41Cl3FeN5O2. The maximum Gasteiger partial charge on any atom is 3.00 e. The van der Waals surface area contributed by atoms with Crippen LogP contribution in [0.15, 0.2) is 66.7 Å². The molecule has 3 heterocycles. The number of hydrogen-bond donors (Lipinski definition) is 0. The molecule has 0 fully saturated rings. The number of hydrogen-bond acceptors (Lipinski definition) is 5. The Balaban J connectivity index is 0.00000242. The van der Waals surface area contributed by atoms with Crippen LogP contribution in [0.25, 0.3) is 45.1 Å². The Morgan fingerprint density at radius 1 is 0.523 bits per heavy atom. The fraction of sp³-hybridized carbons (Fsp3) is 0.424. The number of nitrogens with zero attached hydrogens (tertiary/aromatic N) is 5. The Labute approximate surface area is 290 Å². The molecule has 0 saturated heterocycles. The molecule has 7 nitrogen and oxygen atoms in total. The van der Waals surface area contributed by atoms with Crippen molar-refractivity contribution >= 4 is 22.1 Å². The van der Waals surface area contributed by atoms with E-state index in [1.807, 2.05) is 54.6 Å². The molecule has 5 rings (SSSR count). The second-order valence-electron chi connectivity index (χ2n) is 10.3. The minimum Gasteiger partial charge on any atom is -1.00 e. The third-order valence-corrected chi connectivity index (χ3v) is 7.24. The van der Waals surface area contributed by atoms with E-state index in [9.17, 15) is 0 Å². The number of halogens is 3. The Morgan fingerprint density at radius 2 is 0.955 bits per heavy atom. The largest absolute Gasteiger partial charge is 3.00 e. The monoisotopic (exact) mass is 700 g/mol. The average molecular weight is 702 g/mol. The molecule has 1 radical (unpaired) electrons. The van der Waals surface area contributed by atoms with Gasteiger partial charge in [0.15, 0.2) is 11.6 Å². The predicted molar refractivity (Wildman–Crippen MR) is 162 cm³/mol. The number of fused-ring (bicyclic) bond motifs is 2. The minimum absolute atomic E-state index is 0. The van der Waals surface area contributed by atoms with Gasteiger partial charge in [-0.05, 0) is 49.2 Å². The third kappa shape index (κ3) is 9.92. The topological polar surface area (TPSA) is 67.0 Å². The first-order chi connectivity index (χ1) is 19.8. The summed E-state index contributed by atoms with van der Waals surface area (Å²) in [5, 5.41) is 0. The van der Waals surface area contributed by atoms with Crippen molar-refractivity contribution in [3.8, 4) is 23.0 Å². The van der Waals surface area contributed by atoms with Crippen LogP contribution in [0.4, 0.5) is 0 Å². The molecule has 0 unspecified atom stereocenters. The van der Waals surface area contributed by atoms with Gasteiger partial charge in [0, 0.05) is 13.2 Å². The Kier molecular flexibility index (Phi) is 18.8. The van der Waals surface area contributed by atoms with Crippen LogP contribution >= 0.6 is 0 Å². The molecule has 11 heteroatoms. The van der Waals surface area contributed by atoms with Gasteiger partial charge in [-0.2, -0.15) is 0 Å². The second-order valence-corrected chi connectivity index (χ2v) is 10.3. The van der Waals surface area contributed by atoms with E-state index in [4.69, 9.17) is 24.4 Å². The van der Waals surface area contributed by atoms with Gasteiger partial charge >= 0.3 is 17.1 Å². The van der Waals surface area contributed by atoms with Crippen molar-refractivity contribution in [2.75, 3.05) is 13.2 Å². The van der Waals surface area contributed by atoms with E-state index in [1.165, 1.54) is 38.5 Å². The first-order valence-corrected chi connectivity index (χ1v) is 14.8. The zero-order valence-electron chi connectivity index (χ0n) is 25.4. The summed E-state index contributed by atoms with van der Waals surface area (Å²) in [7, 11) is 0. The molecule has 0 saturated carbocycles. The summed E-state index contributed by atoms with van der Waals surface area (Å²) in [6.45, 7) is 6.81. The van der Waals surface area contributed by atoms with Crippen molar-refractivity contribution in [2.24, 2.45) is 0 Å². The number of aromatic nitrogens is 5. The second kappa shape index (κ2) is 20.8. The molecule has 0 bridgehead atoms. The van der Waals surface area contributed by atoms with E-state index in [2.05, 4.69) is 35.1 Å². The van der Waals surface area contributed by atoms with E-state index in [1.54, 1.807) is 0 Å². The molecule has 0 aliphatic rings. The van der Waals surface area contributed by atoms with E-state index in [0.29, 0.717) is 13.5 Å². The Hall–Kier alpha value is -2.16. The van der Waals surface area contributed by atoms with Crippen LogP contribution < -0.4 is 37.2 Å². The first kappa shape index (κ1) is 39.9. The molecule has 2 aromatic carbocycles. The average Bonchev–Trinajstić information content (AvgIpc) is 3.55. The quantitative estimate of drug-likeness (QED) is 0.100. The van der Waals surface area contributed by atoms with E-state index < -0.39 is 0 Å². The van der Waals surface area contributed by atoms with Gasteiger partial charge in [0.1, 0.15) is 24.8 Å². The summed E-state index contributed by atoms with van der Waals surface area (Å²) < 4.78 is 16.5. The molecule has 44 heavy (non-hydrogen) atoms. The van der Waals surface area contributed by atoms with Crippen LogP contribution in [0.1, 0.15) is 65.2 Å². The van der Waals surface area contributed by atoms with E-state index in [0.717, 1.165) is 71.2 Å². The Bertz CT molecular complexity index is 1420. The minimum atomic E-state index is 0. The molecule has 0 aliphatic heterocycles. The van der Waals surface area contributed by atoms with Crippen LogP contribution in [0, 0.1) is 0 Å². The summed E-state index contributed by atoms with van der Waals surface area (Å²) >= 11 is 0. The van der Waals surface area contributed by atoms with Crippen molar-refractivity contribution < 1.29 is 63.8 Å². The van der Waals surface area contributed by atoms with Crippen LogP contribution in [0.2, 0.25) is 0 Å². The molecule has 0 spiro atoms. The van der Waals surface area contributed by atoms with Crippen molar-refractivity contribution in [1.29, 1.82) is 0 Å². The van der Waals surface area contributed by atoms with Crippen molar-refractivity contribution in [2.45, 2.75) is 78.7 Å².